The van der Waals surface area contributed by atoms with E-state index in [-0.39, 0.29) is 18.5 Å². The molecule has 0 saturated carbocycles. The maximum absolute atomic E-state index is 12.8. The number of hydrogen-bond acceptors (Lipinski definition) is 2. The van der Waals surface area contributed by atoms with Gasteiger partial charge < -0.3 is 10.4 Å². The van der Waals surface area contributed by atoms with E-state index in [2.05, 4.69) is 5.32 Å². The van der Waals surface area contributed by atoms with Gasteiger partial charge in [0.2, 0.25) is 0 Å². The van der Waals surface area contributed by atoms with Crippen molar-refractivity contribution in [3.63, 3.8) is 0 Å². The van der Waals surface area contributed by atoms with Crippen LogP contribution in [-0.2, 0) is 13.0 Å². The minimum Gasteiger partial charge on any atom is -0.395 e. The first-order valence-corrected chi connectivity index (χ1v) is 6.40. The second-order valence-electron chi connectivity index (χ2n) is 4.58. The first kappa shape index (κ1) is 13.7. The molecule has 3 heteroatoms. The summed E-state index contributed by atoms with van der Waals surface area (Å²) in [6, 6.07) is 16.4. The Balaban J connectivity index is 1.87. The lowest BCUT2D eigenvalue weighted by Gasteiger charge is -2.16. The third-order valence-electron chi connectivity index (χ3n) is 3.05. The maximum Gasteiger partial charge on any atom is 0.123 e. The molecule has 2 N–H and O–H groups in total. The Kier molecular flexibility index (Phi) is 5.07. The predicted molar refractivity (Wildman–Crippen MR) is 74.3 cm³/mol. The maximum atomic E-state index is 12.8. The molecule has 0 fully saturated rings. The molecule has 1 atom stereocenters. The lowest BCUT2D eigenvalue weighted by atomic mass is 10.1. The SMILES string of the molecule is OC[C@@H](Cc1ccccc1)NCc1ccc(F)cc1. The number of benzene rings is 2. The van der Waals surface area contributed by atoms with Crippen molar-refractivity contribution in [3.05, 3.63) is 71.5 Å². The van der Waals surface area contributed by atoms with E-state index in [0.717, 1.165) is 12.0 Å². The van der Waals surface area contributed by atoms with E-state index in [0.29, 0.717) is 6.54 Å². The van der Waals surface area contributed by atoms with E-state index in [9.17, 15) is 9.50 Å². The highest BCUT2D eigenvalue weighted by Gasteiger charge is 2.07. The minimum absolute atomic E-state index is 0.00690. The molecule has 0 spiro atoms. The Hall–Kier alpha value is -1.71. The molecule has 2 rings (SSSR count). The van der Waals surface area contributed by atoms with Crippen molar-refractivity contribution in [2.24, 2.45) is 0 Å². The highest BCUT2D eigenvalue weighted by atomic mass is 19.1. The van der Waals surface area contributed by atoms with Crippen LogP contribution in [0.15, 0.2) is 54.6 Å². The van der Waals surface area contributed by atoms with Crippen LogP contribution in [0.2, 0.25) is 0 Å². The molecule has 0 aliphatic carbocycles. The molecule has 0 aliphatic heterocycles. The van der Waals surface area contributed by atoms with Gasteiger partial charge in [-0.05, 0) is 29.7 Å². The highest BCUT2D eigenvalue weighted by Crippen LogP contribution is 2.06. The van der Waals surface area contributed by atoms with Gasteiger partial charge >= 0.3 is 0 Å². The first-order chi connectivity index (χ1) is 9.28. The van der Waals surface area contributed by atoms with Gasteiger partial charge in [-0.3, -0.25) is 0 Å². The molecule has 19 heavy (non-hydrogen) atoms. The van der Waals surface area contributed by atoms with Crippen molar-refractivity contribution in [2.45, 2.75) is 19.0 Å². The smallest absolute Gasteiger partial charge is 0.123 e. The Morgan fingerprint density at radius 3 is 2.26 bits per heavy atom. The molecule has 100 valence electrons. The molecular formula is C16H18FNO. The van der Waals surface area contributed by atoms with Crippen molar-refractivity contribution >= 4 is 0 Å². The van der Waals surface area contributed by atoms with Gasteiger partial charge in [0, 0.05) is 12.6 Å². The van der Waals surface area contributed by atoms with Gasteiger partial charge in [-0.1, -0.05) is 42.5 Å². The Morgan fingerprint density at radius 2 is 1.63 bits per heavy atom. The Labute approximate surface area is 112 Å². The van der Waals surface area contributed by atoms with E-state index in [1.807, 2.05) is 30.3 Å². The average Bonchev–Trinajstić information content (AvgIpc) is 2.46. The van der Waals surface area contributed by atoms with Gasteiger partial charge in [-0.15, -0.1) is 0 Å². The van der Waals surface area contributed by atoms with E-state index < -0.39 is 0 Å². The van der Waals surface area contributed by atoms with Crippen LogP contribution < -0.4 is 5.32 Å². The van der Waals surface area contributed by atoms with Gasteiger partial charge in [0.15, 0.2) is 0 Å². The van der Waals surface area contributed by atoms with Gasteiger partial charge in [0.1, 0.15) is 5.82 Å². The second kappa shape index (κ2) is 7.02. The fourth-order valence-corrected chi connectivity index (χ4v) is 1.96. The molecule has 0 amide bonds. The summed E-state index contributed by atoms with van der Waals surface area (Å²) in [6.07, 6.45) is 0.776. The van der Waals surface area contributed by atoms with Crippen molar-refractivity contribution in [1.82, 2.24) is 5.32 Å². The van der Waals surface area contributed by atoms with E-state index >= 15 is 0 Å². The van der Waals surface area contributed by atoms with Crippen LogP contribution in [0.1, 0.15) is 11.1 Å². The van der Waals surface area contributed by atoms with Crippen molar-refractivity contribution in [3.8, 4) is 0 Å². The fraction of sp³-hybridized carbons (Fsp3) is 0.250. The molecule has 0 bridgehead atoms. The average molecular weight is 259 g/mol. The summed E-state index contributed by atoms with van der Waals surface area (Å²) in [6.45, 7) is 0.703. The van der Waals surface area contributed by atoms with Crippen molar-refractivity contribution in [2.75, 3.05) is 6.61 Å². The summed E-state index contributed by atoms with van der Waals surface area (Å²) in [5, 5.41) is 12.7. The molecule has 2 aromatic carbocycles. The molecule has 2 aromatic rings. The predicted octanol–water partition coefficient (Wildman–Crippen LogP) is 2.52. The number of rotatable bonds is 6. The second-order valence-corrected chi connectivity index (χ2v) is 4.58. The van der Waals surface area contributed by atoms with Gasteiger partial charge in [-0.25, -0.2) is 4.39 Å². The Morgan fingerprint density at radius 1 is 0.947 bits per heavy atom. The zero-order valence-electron chi connectivity index (χ0n) is 10.7. The van der Waals surface area contributed by atoms with Crippen LogP contribution in [0.5, 0.6) is 0 Å². The molecule has 0 heterocycles. The molecule has 0 radical (unpaired) electrons. The summed E-state index contributed by atoms with van der Waals surface area (Å²) < 4.78 is 12.8. The minimum atomic E-state index is -0.230. The molecule has 0 unspecified atom stereocenters. The third kappa shape index (κ3) is 4.47. The summed E-state index contributed by atoms with van der Waals surface area (Å²) >= 11 is 0. The number of nitrogens with one attached hydrogen (secondary N) is 1. The topological polar surface area (TPSA) is 32.3 Å². The fourth-order valence-electron chi connectivity index (χ4n) is 1.96. The van der Waals surface area contributed by atoms with Crippen LogP contribution in [0, 0.1) is 5.82 Å². The molecule has 0 saturated heterocycles. The van der Waals surface area contributed by atoms with Gasteiger partial charge in [0.25, 0.3) is 0 Å². The van der Waals surface area contributed by atoms with Gasteiger partial charge in [0.05, 0.1) is 6.61 Å². The standard InChI is InChI=1S/C16H18FNO/c17-15-8-6-14(7-9-15)11-18-16(12-19)10-13-4-2-1-3-5-13/h1-9,16,18-19H,10-12H2/t16-/m1/s1. The zero-order valence-corrected chi connectivity index (χ0v) is 10.7. The van der Waals surface area contributed by atoms with Crippen molar-refractivity contribution < 1.29 is 9.50 Å². The van der Waals surface area contributed by atoms with Gasteiger partial charge in [-0.2, -0.15) is 0 Å². The van der Waals surface area contributed by atoms with Crippen LogP contribution in [0.3, 0.4) is 0 Å². The number of hydrogen-bond donors (Lipinski definition) is 2. The molecule has 0 aliphatic rings. The lowest BCUT2D eigenvalue weighted by molar-refractivity contribution is 0.241. The number of halogens is 1. The van der Waals surface area contributed by atoms with E-state index in [1.165, 1.54) is 17.7 Å². The van der Waals surface area contributed by atoms with Crippen LogP contribution in [-0.4, -0.2) is 17.8 Å². The van der Waals surface area contributed by atoms with Crippen LogP contribution >= 0.6 is 0 Å². The number of aliphatic hydroxyl groups excluding tert-OH is 1. The highest BCUT2D eigenvalue weighted by molar-refractivity contribution is 5.17. The largest absolute Gasteiger partial charge is 0.395 e. The van der Waals surface area contributed by atoms with Crippen LogP contribution in [0.25, 0.3) is 0 Å². The van der Waals surface area contributed by atoms with Crippen molar-refractivity contribution in [1.29, 1.82) is 0 Å². The Bertz CT molecular complexity index is 484. The van der Waals surface area contributed by atoms with E-state index in [1.54, 1.807) is 12.1 Å². The normalized spacial score (nSPS) is 12.3. The number of aliphatic hydroxyl groups is 1. The summed E-state index contributed by atoms with van der Waals surface area (Å²) in [4.78, 5) is 0. The lowest BCUT2D eigenvalue weighted by Crippen LogP contribution is -2.34. The first-order valence-electron chi connectivity index (χ1n) is 6.40. The summed E-state index contributed by atoms with van der Waals surface area (Å²) in [5.74, 6) is -0.230. The molecule has 2 nitrogen and oxygen atoms in total. The monoisotopic (exact) mass is 259 g/mol. The van der Waals surface area contributed by atoms with Crippen LogP contribution in [0.4, 0.5) is 4.39 Å². The summed E-state index contributed by atoms with van der Waals surface area (Å²) in [5.41, 5.74) is 2.20. The molecule has 0 aromatic heterocycles. The molecular weight excluding hydrogens is 241 g/mol. The zero-order chi connectivity index (χ0) is 13.5. The summed E-state index contributed by atoms with van der Waals surface area (Å²) in [7, 11) is 0. The van der Waals surface area contributed by atoms with E-state index in [4.69, 9.17) is 0 Å². The quantitative estimate of drug-likeness (QED) is 0.835. The third-order valence-corrected chi connectivity index (χ3v) is 3.05.